The second kappa shape index (κ2) is 9.43. The number of benzene rings is 2. The number of anilines is 1. The van der Waals surface area contributed by atoms with Crippen molar-refractivity contribution < 1.29 is 13.9 Å². The minimum atomic E-state index is -0.325. The smallest absolute Gasteiger partial charge is 0.222 e. The van der Waals surface area contributed by atoms with Crippen LogP contribution in [0.4, 0.5) is 10.2 Å². The van der Waals surface area contributed by atoms with Crippen LogP contribution in [0.2, 0.25) is 0 Å². The van der Waals surface area contributed by atoms with E-state index in [2.05, 4.69) is 15.3 Å². The van der Waals surface area contributed by atoms with Gasteiger partial charge in [0.25, 0.3) is 0 Å². The van der Waals surface area contributed by atoms with Gasteiger partial charge in [-0.15, -0.1) is 0 Å². The molecule has 0 spiro atoms. The number of nitrogens with zero attached hydrogens (tertiary/aromatic N) is 4. The van der Waals surface area contributed by atoms with Crippen LogP contribution in [0.3, 0.4) is 0 Å². The van der Waals surface area contributed by atoms with Crippen LogP contribution in [0.5, 0.6) is 5.75 Å². The Labute approximate surface area is 196 Å². The lowest BCUT2D eigenvalue weighted by Gasteiger charge is -2.18. The van der Waals surface area contributed by atoms with E-state index in [4.69, 9.17) is 9.72 Å². The summed E-state index contributed by atoms with van der Waals surface area (Å²) < 4.78 is 20.8. The van der Waals surface area contributed by atoms with Crippen molar-refractivity contribution in [3.8, 4) is 28.3 Å². The first kappa shape index (κ1) is 21.8. The lowest BCUT2D eigenvalue weighted by Crippen LogP contribution is -2.29. The van der Waals surface area contributed by atoms with Crippen molar-refractivity contribution in [2.45, 2.75) is 12.8 Å². The number of ether oxygens (including phenoxy) is 1. The number of nitrogens with one attached hydrogen (secondary N) is 1. The van der Waals surface area contributed by atoms with E-state index < -0.39 is 0 Å². The summed E-state index contributed by atoms with van der Waals surface area (Å²) in [6.45, 7) is 1.54. The molecular formula is C26H24FN5O2. The van der Waals surface area contributed by atoms with Crippen molar-refractivity contribution >= 4 is 22.6 Å². The van der Waals surface area contributed by atoms with Crippen LogP contribution >= 0.6 is 0 Å². The van der Waals surface area contributed by atoms with Crippen LogP contribution in [-0.4, -0.2) is 52.5 Å². The van der Waals surface area contributed by atoms with E-state index in [1.54, 1.807) is 48.6 Å². The van der Waals surface area contributed by atoms with E-state index in [0.29, 0.717) is 59.0 Å². The highest BCUT2D eigenvalue weighted by Crippen LogP contribution is 2.36. The Bertz CT molecular complexity index is 1350. The number of rotatable bonds is 7. The third-order valence-corrected chi connectivity index (χ3v) is 5.90. The van der Waals surface area contributed by atoms with Gasteiger partial charge < -0.3 is 15.0 Å². The maximum atomic E-state index is 14.6. The number of pyridine rings is 1. The van der Waals surface area contributed by atoms with Gasteiger partial charge in [-0.05, 0) is 42.3 Å². The molecule has 1 saturated heterocycles. The summed E-state index contributed by atoms with van der Waals surface area (Å²) in [5, 5.41) is 3.84. The van der Waals surface area contributed by atoms with Crippen LogP contribution in [0.25, 0.3) is 33.4 Å². The Hall–Kier alpha value is -4.07. The van der Waals surface area contributed by atoms with Crippen LogP contribution < -0.4 is 10.1 Å². The Morgan fingerprint density at radius 1 is 1.12 bits per heavy atom. The minimum absolute atomic E-state index is 0.146. The monoisotopic (exact) mass is 457 g/mol. The number of aromatic nitrogens is 3. The first-order valence-corrected chi connectivity index (χ1v) is 11.2. The molecule has 34 heavy (non-hydrogen) atoms. The molecule has 0 atom stereocenters. The Morgan fingerprint density at radius 3 is 2.74 bits per heavy atom. The normalized spacial score (nSPS) is 13.5. The van der Waals surface area contributed by atoms with E-state index in [1.165, 1.54) is 6.07 Å². The highest BCUT2D eigenvalue weighted by atomic mass is 19.1. The lowest BCUT2D eigenvalue weighted by atomic mass is 10.0. The zero-order valence-corrected chi connectivity index (χ0v) is 18.8. The third-order valence-electron chi connectivity index (χ3n) is 5.90. The maximum Gasteiger partial charge on any atom is 0.222 e. The van der Waals surface area contributed by atoms with E-state index in [9.17, 15) is 9.18 Å². The quantitative estimate of drug-likeness (QED) is 0.439. The number of halogens is 1. The number of likely N-dealkylation sites (tertiary alicyclic amines) is 1. The fraction of sp³-hybridized carbons (Fsp3) is 0.231. The molecule has 0 saturated carbocycles. The molecule has 3 heterocycles. The van der Waals surface area contributed by atoms with Crippen molar-refractivity contribution in [2.75, 3.05) is 32.1 Å². The van der Waals surface area contributed by atoms with E-state index in [-0.39, 0.29) is 11.7 Å². The molecule has 0 aliphatic carbocycles. The number of fused-ring (bicyclic) bond motifs is 1. The van der Waals surface area contributed by atoms with Gasteiger partial charge in [0.15, 0.2) is 5.82 Å². The molecule has 5 rings (SSSR count). The molecule has 0 bridgehead atoms. The van der Waals surface area contributed by atoms with Crippen molar-refractivity contribution in [2.24, 2.45) is 0 Å². The van der Waals surface area contributed by atoms with E-state index in [1.807, 2.05) is 18.2 Å². The highest BCUT2D eigenvalue weighted by Gasteiger charge is 2.21. The average molecular weight is 458 g/mol. The van der Waals surface area contributed by atoms with Crippen molar-refractivity contribution in [3.05, 3.63) is 66.7 Å². The fourth-order valence-electron chi connectivity index (χ4n) is 4.18. The summed E-state index contributed by atoms with van der Waals surface area (Å²) in [5.74, 6) is 1.43. The molecule has 1 aliphatic rings. The number of hydrogen-bond donors (Lipinski definition) is 1. The first-order chi connectivity index (χ1) is 16.6. The topological polar surface area (TPSA) is 80.2 Å². The van der Waals surface area contributed by atoms with Gasteiger partial charge in [-0.25, -0.2) is 14.4 Å². The van der Waals surface area contributed by atoms with E-state index in [0.717, 1.165) is 18.5 Å². The van der Waals surface area contributed by atoms with Crippen molar-refractivity contribution in [1.29, 1.82) is 0 Å². The standard InChI is InChI=1S/C26H24FN5O2/c1-28-26-20-14-18(19-7-2-3-8-21(19)27)15-22(34-13-12-32-11-5-9-23(32)33)24(20)30-25(31-26)17-6-4-10-29-16-17/h2-4,6-8,10,14-16H,5,9,11-13H2,1H3,(H,28,30,31). The number of carbonyl (C=O) groups is 1. The summed E-state index contributed by atoms with van der Waals surface area (Å²) >= 11 is 0. The summed E-state index contributed by atoms with van der Waals surface area (Å²) in [5.41, 5.74) is 2.49. The predicted molar refractivity (Wildman–Crippen MR) is 129 cm³/mol. The second-order valence-electron chi connectivity index (χ2n) is 8.07. The summed E-state index contributed by atoms with van der Waals surface area (Å²) in [4.78, 5) is 27.4. The first-order valence-electron chi connectivity index (χ1n) is 11.2. The Balaban J connectivity index is 1.61. The van der Waals surface area contributed by atoms with Crippen LogP contribution in [0.1, 0.15) is 12.8 Å². The fourth-order valence-corrected chi connectivity index (χ4v) is 4.18. The molecular weight excluding hydrogens is 433 g/mol. The van der Waals surface area contributed by atoms with Gasteiger partial charge in [0.05, 0.1) is 6.54 Å². The van der Waals surface area contributed by atoms with Gasteiger partial charge in [0.2, 0.25) is 5.91 Å². The van der Waals surface area contributed by atoms with Crippen LogP contribution in [-0.2, 0) is 4.79 Å². The lowest BCUT2D eigenvalue weighted by molar-refractivity contribution is -0.128. The third kappa shape index (κ3) is 4.26. The molecule has 1 N–H and O–H groups in total. The molecule has 2 aromatic heterocycles. The molecule has 1 amide bonds. The summed E-state index contributed by atoms with van der Waals surface area (Å²) in [7, 11) is 1.78. The Morgan fingerprint density at radius 2 is 2.00 bits per heavy atom. The highest BCUT2D eigenvalue weighted by molar-refractivity contribution is 5.97. The minimum Gasteiger partial charge on any atom is -0.489 e. The largest absolute Gasteiger partial charge is 0.489 e. The van der Waals surface area contributed by atoms with Gasteiger partial charge in [-0.2, -0.15) is 0 Å². The Kier molecular flexibility index (Phi) is 6.03. The second-order valence-corrected chi connectivity index (χ2v) is 8.07. The molecule has 1 fully saturated rings. The molecule has 0 radical (unpaired) electrons. The molecule has 8 heteroatoms. The molecule has 1 aliphatic heterocycles. The molecule has 2 aromatic carbocycles. The van der Waals surface area contributed by atoms with Gasteiger partial charge in [-0.1, -0.05) is 18.2 Å². The molecule has 0 unspecified atom stereocenters. The number of amides is 1. The van der Waals surface area contributed by atoms with Gasteiger partial charge >= 0.3 is 0 Å². The van der Waals surface area contributed by atoms with Crippen LogP contribution in [0.15, 0.2) is 60.9 Å². The molecule has 7 nitrogen and oxygen atoms in total. The van der Waals surface area contributed by atoms with Crippen LogP contribution in [0, 0.1) is 5.82 Å². The predicted octanol–water partition coefficient (Wildman–Crippen LogP) is 4.54. The summed E-state index contributed by atoms with van der Waals surface area (Å²) in [6, 6.07) is 14.0. The zero-order chi connectivity index (χ0) is 23.5. The SMILES string of the molecule is CNc1nc(-c2cccnc2)nc2c(OCCN3CCCC3=O)cc(-c3ccccc3F)cc12. The number of hydrogen-bond acceptors (Lipinski definition) is 6. The van der Waals surface area contributed by atoms with E-state index >= 15 is 0 Å². The van der Waals surface area contributed by atoms with Crippen molar-refractivity contribution in [1.82, 2.24) is 19.9 Å². The molecule has 172 valence electrons. The number of carbonyl (C=O) groups excluding carboxylic acids is 1. The zero-order valence-electron chi connectivity index (χ0n) is 18.8. The van der Waals surface area contributed by atoms with Gasteiger partial charge in [-0.3, -0.25) is 9.78 Å². The van der Waals surface area contributed by atoms with Gasteiger partial charge in [0.1, 0.15) is 29.5 Å². The maximum absolute atomic E-state index is 14.6. The van der Waals surface area contributed by atoms with Gasteiger partial charge in [0, 0.05) is 48.9 Å². The average Bonchev–Trinajstić information content (AvgIpc) is 3.28. The van der Waals surface area contributed by atoms with Crippen molar-refractivity contribution in [3.63, 3.8) is 0 Å². The molecule has 4 aromatic rings. The summed E-state index contributed by atoms with van der Waals surface area (Å²) in [6.07, 6.45) is 4.85.